The van der Waals surface area contributed by atoms with Gasteiger partial charge in [-0.05, 0) is 43.2 Å². The summed E-state index contributed by atoms with van der Waals surface area (Å²) in [6.07, 6.45) is -2.92. The van der Waals surface area contributed by atoms with E-state index in [0.29, 0.717) is 6.54 Å². The van der Waals surface area contributed by atoms with Crippen LogP contribution in [0.15, 0.2) is 48.5 Å². The maximum Gasteiger partial charge on any atom is 0.416 e. The van der Waals surface area contributed by atoms with Crippen LogP contribution in [0.25, 0.3) is 11.0 Å². The van der Waals surface area contributed by atoms with Crippen molar-refractivity contribution in [1.29, 1.82) is 0 Å². The lowest BCUT2D eigenvalue weighted by Gasteiger charge is -2.26. The van der Waals surface area contributed by atoms with Gasteiger partial charge in [0, 0.05) is 25.2 Å². The monoisotopic (exact) mass is 442 g/mol. The number of amides is 2. The van der Waals surface area contributed by atoms with E-state index >= 15 is 0 Å². The van der Waals surface area contributed by atoms with Crippen LogP contribution in [-0.2, 0) is 15.8 Å². The number of benzene rings is 2. The zero-order valence-electron chi connectivity index (χ0n) is 17.1. The standard InChI is InChI=1S/C23H21F3N4O2/c24-23(25,26)15-5-3-6-16(12-15)30-13-14(11-20(30)31)22(32)29-10-4-9-19(29)21-27-17-7-1-2-8-18(17)28-21/h1-3,5-8,12,14,19H,4,9-11,13H2,(H,27,28). The van der Waals surface area contributed by atoms with Gasteiger partial charge in [0.1, 0.15) is 5.82 Å². The highest BCUT2D eigenvalue weighted by Crippen LogP contribution is 2.36. The van der Waals surface area contributed by atoms with Crippen LogP contribution in [0.2, 0.25) is 0 Å². The largest absolute Gasteiger partial charge is 0.416 e. The van der Waals surface area contributed by atoms with Crippen LogP contribution in [0.4, 0.5) is 18.9 Å². The van der Waals surface area contributed by atoms with Gasteiger partial charge < -0.3 is 14.8 Å². The number of carbonyl (C=O) groups is 2. The summed E-state index contributed by atoms with van der Waals surface area (Å²) in [5, 5.41) is 0. The molecule has 5 rings (SSSR count). The highest BCUT2D eigenvalue weighted by Gasteiger charge is 2.42. The molecule has 0 saturated carbocycles. The first-order valence-electron chi connectivity index (χ1n) is 10.5. The number of nitrogens with one attached hydrogen (secondary N) is 1. The number of likely N-dealkylation sites (tertiary alicyclic amines) is 1. The van der Waals surface area contributed by atoms with E-state index in [2.05, 4.69) is 9.97 Å². The first kappa shape index (κ1) is 20.5. The van der Waals surface area contributed by atoms with Gasteiger partial charge in [0.25, 0.3) is 0 Å². The molecule has 3 heterocycles. The molecular weight excluding hydrogens is 421 g/mol. The molecule has 2 aliphatic heterocycles. The predicted molar refractivity (Wildman–Crippen MR) is 112 cm³/mol. The van der Waals surface area contributed by atoms with Crippen molar-refractivity contribution >= 4 is 28.5 Å². The van der Waals surface area contributed by atoms with E-state index in [1.54, 1.807) is 4.90 Å². The van der Waals surface area contributed by atoms with Crippen molar-refractivity contribution in [1.82, 2.24) is 14.9 Å². The van der Waals surface area contributed by atoms with E-state index in [1.165, 1.54) is 17.0 Å². The topological polar surface area (TPSA) is 69.3 Å². The molecule has 2 atom stereocenters. The van der Waals surface area contributed by atoms with Gasteiger partial charge in [-0.15, -0.1) is 0 Å². The molecule has 2 aromatic carbocycles. The molecule has 0 radical (unpaired) electrons. The number of H-pyrrole nitrogens is 1. The zero-order chi connectivity index (χ0) is 22.5. The maximum absolute atomic E-state index is 13.3. The fourth-order valence-corrected chi connectivity index (χ4v) is 4.65. The number of fused-ring (bicyclic) bond motifs is 1. The molecule has 0 aliphatic carbocycles. The van der Waals surface area contributed by atoms with Gasteiger partial charge in [0.2, 0.25) is 11.8 Å². The van der Waals surface area contributed by atoms with Gasteiger partial charge >= 0.3 is 6.18 Å². The minimum Gasteiger partial charge on any atom is -0.340 e. The molecule has 2 unspecified atom stereocenters. The van der Waals surface area contributed by atoms with Crippen molar-refractivity contribution < 1.29 is 22.8 Å². The van der Waals surface area contributed by atoms with Crippen LogP contribution in [0.5, 0.6) is 0 Å². The first-order chi connectivity index (χ1) is 15.3. The van der Waals surface area contributed by atoms with E-state index in [1.807, 2.05) is 24.3 Å². The third-order valence-corrected chi connectivity index (χ3v) is 6.22. The number of imidazole rings is 1. The molecule has 1 N–H and O–H groups in total. The van der Waals surface area contributed by atoms with Crippen LogP contribution >= 0.6 is 0 Å². The Morgan fingerprint density at radius 3 is 2.72 bits per heavy atom. The third-order valence-electron chi connectivity index (χ3n) is 6.22. The van der Waals surface area contributed by atoms with Crippen molar-refractivity contribution in [3.63, 3.8) is 0 Å². The number of aromatic nitrogens is 2. The molecule has 0 bridgehead atoms. The molecule has 3 aromatic rings. The molecule has 0 spiro atoms. The summed E-state index contributed by atoms with van der Waals surface area (Å²) in [7, 11) is 0. The van der Waals surface area contributed by atoms with Crippen molar-refractivity contribution in [2.24, 2.45) is 5.92 Å². The Bertz CT molecular complexity index is 1160. The molecule has 2 aliphatic rings. The van der Waals surface area contributed by atoms with Crippen LogP contribution < -0.4 is 4.90 Å². The minimum atomic E-state index is -4.50. The van der Waals surface area contributed by atoms with Crippen molar-refractivity contribution in [2.75, 3.05) is 18.0 Å². The normalized spacial score (nSPS) is 21.7. The van der Waals surface area contributed by atoms with Crippen molar-refractivity contribution in [3.05, 3.63) is 59.9 Å². The fourth-order valence-electron chi connectivity index (χ4n) is 4.65. The van der Waals surface area contributed by atoms with E-state index in [0.717, 1.165) is 41.8 Å². The SMILES string of the molecule is O=C1CC(C(=O)N2CCCC2c2nc3ccccc3[nH]2)CN1c1cccc(C(F)(F)F)c1. The summed E-state index contributed by atoms with van der Waals surface area (Å²) in [5.74, 6) is -0.379. The van der Waals surface area contributed by atoms with Crippen LogP contribution in [0.1, 0.15) is 36.7 Å². The highest BCUT2D eigenvalue weighted by molar-refractivity contribution is 6.00. The van der Waals surface area contributed by atoms with Crippen LogP contribution in [0.3, 0.4) is 0 Å². The molecule has 2 saturated heterocycles. The zero-order valence-corrected chi connectivity index (χ0v) is 17.1. The predicted octanol–water partition coefficient (Wildman–Crippen LogP) is 4.30. The number of para-hydroxylation sites is 2. The second kappa shape index (κ2) is 7.65. The highest BCUT2D eigenvalue weighted by atomic mass is 19.4. The van der Waals surface area contributed by atoms with E-state index in [4.69, 9.17) is 0 Å². The molecule has 166 valence electrons. The molecule has 2 amide bonds. The molecule has 9 heteroatoms. The van der Waals surface area contributed by atoms with E-state index < -0.39 is 17.7 Å². The number of rotatable bonds is 3. The molecular formula is C23H21F3N4O2. The minimum absolute atomic E-state index is 0.0154. The maximum atomic E-state index is 13.3. The number of hydrogen-bond donors (Lipinski definition) is 1. The quantitative estimate of drug-likeness (QED) is 0.658. The van der Waals surface area contributed by atoms with Crippen LogP contribution in [-0.4, -0.2) is 39.8 Å². The number of anilines is 1. The number of halogens is 3. The number of aromatic amines is 1. The number of alkyl halides is 3. The second-order valence-electron chi connectivity index (χ2n) is 8.28. The third kappa shape index (κ3) is 3.61. The summed E-state index contributed by atoms with van der Waals surface area (Å²) >= 11 is 0. The summed E-state index contributed by atoms with van der Waals surface area (Å²) in [5.41, 5.74) is 1.07. The summed E-state index contributed by atoms with van der Waals surface area (Å²) in [6, 6.07) is 12.1. The Kier molecular flexibility index (Phi) is 4.91. The Labute approximate surface area is 182 Å². The smallest absolute Gasteiger partial charge is 0.340 e. The molecule has 32 heavy (non-hydrogen) atoms. The molecule has 1 aromatic heterocycles. The lowest BCUT2D eigenvalue weighted by Crippen LogP contribution is -2.37. The molecule has 6 nitrogen and oxygen atoms in total. The van der Waals surface area contributed by atoms with Crippen molar-refractivity contribution in [3.8, 4) is 0 Å². The summed E-state index contributed by atoms with van der Waals surface area (Å²) < 4.78 is 39.2. The Balaban J connectivity index is 1.35. The second-order valence-corrected chi connectivity index (χ2v) is 8.28. The Morgan fingerprint density at radius 1 is 1.12 bits per heavy atom. The van der Waals surface area contributed by atoms with Gasteiger partial charge in [0.05, 0.1) is 28.6 Å². The number of carbonyl (C=O) groups excluding carboxylic acids is 2. The van der Waals surface area contributed by atoms with Gasteiger partial charge in [-0.25, -0.2) is 4.98 Å². The van der Waals surface area contributed by atoms with Crippen LogP contribution in [0, 0.1) is 5.92 Å². The average Bonchev–Trinajstić information content (AvgIpc) is 3.50. The average molecular weight is 442 g/mol. The lowest BCUT2D eigenvalue weighted by molar-refractivity contribution is -0.138. The number of nitrogens with zero attached hydrogens (tertiary/aromatic N) is 3. The Hall–Kier alpha value is -3.36. The summed E-state index contributed by atoms with van der Waals surface area (Å²) in [6.45, 7) is 0.636. The van der Waals surface area contributed by atoms with Gasteiger partial charge in [-0.2, -0.15) is 13.2 Å². The fraction of sp³-hybridized carbons (Fsp3) is 0.348. The van der Waals surface area contributed by atoms with E-state index in [9.17, 15) is 22.8 Å². The molecule has 2 fully saturated rings. The van der Waals surface area contributed by atoms with Gasteiger partial charge in [-0.3, -0.25) is 9.59 Å². The Morgan fingerprint density at radius 2 is 1.94 bits per heavy atom. The lowest BCUT2D eigenvalue weighted by atomic mass is 10.1. The summed E-state index contributed by atoms with van der Waals surface area (Å²) in [4.78, 5) is 36.9. The van der Waals surface area contributed by atoms with Gasteiger partial charge in [-0.1, -0.05) is 18.2 Å². The van der Waals surface area contributed by atoms with E-state index in [-0.39, 0.29) is 36.5 Å². The number of hydrogen-bond acceptors (Lipinski definition) is 3. The first-order valence-corrected chi connectivity index (χ1v) is 10.5. The van der Waals surface area contributed by atoms with Crippen molar-refractivity contribution in [2.45, 2.75) is 31.5 Å². The van der Waals surface area contributed by atoms with Gasteiger partial charge in [0.15, 0.2) is 0 Å².